The van der Waals surface area contributed by atoms with Crippen molar-refractivity contribution in [1.82, 2.24) is 20.2 Å². The molecule has 8 heteroatoms. The maximum absolute atomic E-state index is 12.1. The van der Waals surface area contributed by atoms with E-state index in [1.54, 1.807) is 31.2 Å². The molecule has 0 saturated heterocycles. The van der Waals surface area contributed by atoms with Gasteiger partial charge in [0.05, 0.1) is 12.7 Å². The molecular weight excluding hydrogens is 274 g/mol. The van der Waals surface area contributed by atoms with Gasteiger partial charge in [0.1, 0.15) is 11.8 Å². The number of carbonyl (C=O) groups is 1. The fraction of sp³-hybridized carbons (Fsp3) is 0.231. The average Bonchev–Trinajstić information content (AvgIpc) is 2.92. The normalized spacial score (nSPS) is 17.1. The van der Waals surface area contributed by atoms with Crippen LogP contribution in [0.15, 0.2) is 35.5 Å². The summed E-state index contributed by atoms with van der Waals surface area (Å²) in [7, 11) is 1.32. The Morgan fingerprint density at radius 3 is 3.00 bits per heavy atom. The van der Waals surface area contributed by atoms with Crippen LogP contribution < -0.4 is 5.32 Å². The molecule has 0 aliphatic carbocycles. The first-order chi connectivity index (χ1) is 10.1. The molecule has 0 amide bonds. The molecule has 2 N–H and O–H groups in total. The number of anilines is 1. The third-order valence-electron chi connectivity index (χ3n) is 3.31. The molecule has 1 aromatic heterocycles. The largest absolute Gasteiger partial charge is 0.508 e. The van der Waals surface area contributed by atoms with Crippen LogP contribution in [-0.2, 0) is 9.53 Å². The van der Waals surface area contributed by atoms with E-state index in [0.29, 0.717) is 22.8 Å². The van der Waals surface area contributed by atoms with E-state index in [9.17, 15) is 9.90 Å². The van der Waals surface area contributed by atoms with Crippen molar-refractivity contribution in [2.45, 2.75) is 13.0 Å². The van der Waals surface area contributed by atoms with Crippen LogP contribution in [0.3, 0.4) is 0 Å². The van der Waals surface area contributed by atoms with E-state index >= 15 is 0 Å². The number of rotatable bonds is 2. The summed E-state index contributed by atoms with van der Waals surface area (Å²) >= 11 is 0. The molecule has 2 aromatic rings. The summed E-state index contributed by atoms with van der Waals surface area (Å²) in [6.45, 7) is 1.75. The Morgan fingerprint density at radius 1 is 1.48 bits per heavy atom. The molecule has 0 radical (unpaired) electrons. The molecule has 1 aromatic carbocycles. The Bertz CT molecular complexity index is 737. The molecule has 0 unspecified atom stereocenters. The van der Waals surface area contributed by atoms with Gasteiger partial charge in [-0.25, -0.2) is 4.79 Å². The van der Waals surface area contributed by atoms with Crippen molar-refractivity contribution in [2.75, 3.05) is 12.4 Å². The van der Waals surface area contributed by atoms with Crippen LogP contribution in [0.1, 0.15) is 18.5 Å². The minimum Gasteiger partial charge on any atom is -0.508 e. The van der Waals surface area contributed by atoms with Crippen LogP contribution >= 0.6 is 0 Å². The SMILES string of the molecule is COC(=O)C1=C(C)Nc2nnnn2[C@H]1c1cccc(O)c1. The van der Waals surface area contributed by atoms with Crippen molar-refractivity contribution in [1.29, 1.82) is 0 Å². The Morgan fingerprint density at radius 2 is 2.29 bits per heavy atom. The van der Waals surface area contributed by atoms with Crippen LogP contribution in [0.2, 0.25) is 0 Å². The number of aromatic nitrogens is 4. The highest BCUT2D eigenvalue weighted by atomic mass is 16.5. The summed E-state index contributed by atoms with van der Waals surface area (Å²) in [6, 6.07) is 6.05. The molecule has 8 nitrogen and oxygen atoms in total. The third kappa shape index (κ3) is 2.10. The Labute approximate surface area is 120 Å². The van der Waals surface area contributed by atoms with Crippen molar-refractivity contribution in [3.05, 3.63) is 41.1 Å². The van der Waals surface area contributed by atoms with E-state index < -0.39 is 12.0 Å². The zero-order valence-corrected chi connectivity index (χ0v) is 11.4. The number of tetrazole rings is 1. The average molecular weight is 287 g/mol. The van der Waals surface area contributed by atoms with E-state index in [1.807, 2.05) is 0 Å². The molecule has 108 valence electrons. The number of carbonyl (C=O) groups excluding carboxylic acids is 1. The van der Waals surface area contributed by atoms with E-state index in [2.05, 4.69) is 20.8 Å². The second kappa shape index (κ2) is 4.89. The lowest BCUT2D eigenvalue weighted by Gasteiger charge is -2.27. The lowest BCUT2D eigenvalue weighted by atomic mass is 9.95. The number of phenolic OH excluding ortho intramolecular Hbond substituents is 1. The molecular formula is C13H13N5O3. The van der Waals surface area contributed by atoms with Crippen LogP contribution in [-0.4, -0.2) is 38.4 Å². The highest BCUT2D eigenvalue weighted by Crippen LogP contribution is 2.35. The number of nitrogens with zero attached hydrogens (tertiary/aromatic N) is 4. The summed E-state index contributed by atoms with van der Waals surface area (Å²) in [5.74, 6) is 0.0468. The van der Waals surface area contributed by atoms with Crippen molar-refractivity contribution in [3.8, 4) is 5.75 Å². The topological polar surface area (TPSA) is 102 Å². The molecule has 21 heavy (non-hydrogen) atoms. The number of esters is 1. The maximum Gasteiger partial charge on any atom is 0.338 e. The first-order valence-corrected chi connectivity index (χ1v) is 6.24. The number of nitrogens with one attached hydrogen (secondary N) is 1. The fourth-order valence-electron chi connectivity index (χ4n) is 2.39. The summed E-state index contributed by atoms with van der Waals surface area (Å²) in [5.41, 5.74) is 1.69. The van der Waals surface area contributed by atoms with Crippen LogP contribution in [0.5, 0.6) is 5.75 Å². The highest BCUT2D eigenvalue weighted by molar-refractivity contribution is 5.92. The van der Waals surface area contributed by atoms with Gasteiger partial charge >= 0.3 is 5.97 Å². The van der Waals surface area contributed by atoms with Crippen molar-refractivity contribution >= 4 is 11.9 Å². The number of benzene rings is 1. The van der Waals surface area contributed by atoms with Gasteiger partial charge in [-0.05, 0) is 35.0 Å². The first-order valence-electron chi connectivity index (χ1n) is 6.24. The molecule has 0 bridgehead atoms. The molecule has 1 aliphatic heterocycles. The zero-order chi connectivity index (χ0) is 15.0. The van der Waals surface area contributed by atoms with Gasteiger partial charge in [-0.2, -0.15) is 4.68 Å². The van der Waals surface area contributed by atoms with Crippen LogP contribution in [0.4, 0.5) is 5.95 Å². The predicted molar refractivity (Wildman–Crippen MR) is 72.4 cm³/mol. The molecule has 3 rings (SSSR count). The number of hydrogen-bond donors (Lipinski definition) is 2. The minimum atomic E-state index is -0.559. The minimum absolute atomic E-state index is 0.0996. The number of phenols is 1. The third-order valence-corrected chi connectivity index (χ3v) is 3.31. The lowest BCUT2D eigenvalue weighted by Crippen LogP contribution is -2.29. The van der Waals surface area contributed by atoms with E-state index in [-0.39, 0.29) is 5.75 Å². The molecule has 2 heterocycles. The van der Waals surface area contributed by atoms with E-state index in [0.717, 1.165) is 0 Å². The summed E-state index contributed by atoms with van der Waals surface area (Å²) in [5, 5.41) is 24.0. The fourth-order valence-corrected chi connectivity index (χ4v) is 2.39. The van der Waals surface area contributed by atoms with Crippen molar-refractivity contribution in [2.24, 2.45) is 0 Å². The number of allylic oxidation sites excluding steroid dienone is 1. The Balaban J connectivity index is 2.20. The second-order valence-electron chi connectivity index (χ2n) is 4.60. The molecule has 0 fully saturated rings. The molecule has 1 aliphatic rings. The molecule has 0 spiro atoms. The van der Waals surface area contributed by atoms with Crippen molar-refractivity contribution in [3.63, 3.8) is 0 Å². The number of methoxy groups -OCH3 is 1. The lowest BCUT2D eigenvalue weighted by molar-refractivity contribution is -0.136. The van der Waals surface area contributed by atoms with Gasteiger partial charge in [0, 0.05) is 5.70 Å². The predicted octanol–water partition coefficient (Wildman–Crippen LogP) is 0.841. The second-order valence-corrected chi connectivity index (χ2v) is 4.60. The van der Waals surface area contributed by atoms with Gasteiger partial charge in [0.15, 0.2) is 0 Å². The summed E-state index contributed by atoms with van der Waals surface area (Å²) in [6.07, 6.45) is 0. The van der Waals surface area contributed by atoms with Gasteiger partial charge in [0.25, 0.3) is 0 Å². The summed E-state index contributed by atoms with van der Waals surface area (Å²) in [4.78, 5) is 12.1. The molecule has 0 saturated carbocycles. The number of hydrogen-bond acceptors (Lipinski definition) is 7. The summed E-state index contributed by atoms with van der Waals surface area (Å²) < 4.78 is 6.33. The quantitative estimate of drug-likeness (QED) is 0.789. The monoisotopic (exact) mass is 287 g/mol. The standard InChI is InChI=1S/C13H13N5O3/c1-7-10(12(20)21-2)11(8-4-3-5-9(19)6-8)18-13(14-7)15-16-17-18/h3-6,11,19H,1-2H3,(H,14,15,17)/t11-/m0/s1. The van der Waals surface area contributed by atoms with E-state index in [4.69, 9.17) is 4.74 Å². The zero-order valence-electron chi connectivity index (χ0n) is 11.4. The van der Waals surface area contributed by atoms with Gasteiger partial charge in [-0.1, -0.05) is 17.2 Å². The first kappa shape index (κ1) is 13.1. The molecule has 1 atom stereocenters. The van der Waals surface area contributed by atoms with Crippen molar-refractivity contribution < 1.29 is 14.6 Å². The number of ether oxygens (including phenoxy) is 1. The van der Waals surface area contributed by atoms with E-state index in [1.165, 1.54) is 11.8 Å². The maximum atomic E-state index is 12.1. The van der Waals surface area contributed by atoms with Gasteiger partial charge in [-0.15, -0.1) is 0 Å². The Hall–Kier alpha value is -2.90. The van der Waals surface area contributed by atoms with Crippen LogP contribution in [0, 0.1) is 0 Å². The highest BCUT2D eigenvalue weighted by Gasteiger charge is 2.34. The van der Waals surface area contributed by atoms with Gasteiger partial charge in [0.2, 0.25) is 5.95 Å². The van der Waals surface area contributed by atoms with Gasteiger partial charge in [-0.3, -0.25) is 0 Å². The van der Waals surface area contributed by atoms with Crippen LogP contribution in [0.25, 0.3) is 0 Å². The Kier molecular flexibility index (Phi) is 3.05. The van der Waals surface area contributed by atoms with Gasteiger partial charge < -0.3 is 15.2 Å². The number of aromatic hydroxyl groups is 1. The smallest absolute Gasteiger partial charge is 0.338 e. The number of fused-ring (bicyclic) bond motifs is 1.